The van der Waals surface area contributed by atoms with Crippen LogP contribution in [0, 0.1) is 0 Å². The van der Waals surface area contributed by atoms with Gasteiger partial charge < -0.3 is 9.47 Å². The Morgan fingerprint density at radius 3 is 2.61 bits per heavy atom. The Morgan fingerprint density at radius 2 is 2.00 bits per heavy atom. The molecular formula is C15H15BrN2O4S. The number of thiazole rings is 1. The summed E-state index contributed by atoms with van der Waals surface area (Å²) < 4.78 is 10.9. The van der Waals surface area contributed by atoms with Gasteiger partial charge in [0.2, 0.25) is 0 Å². The summed E-state index contributed by atoms with van der Waals surface area (Å²) in [5.41, 5.74) is 1.19. The summed E-state index contributed by atoms with van der Waals surface area (Å²) in [6, 6.07) is 7.44. The van der Waals surface area contributed by atoms with Gasteiger partial charge in [0.15, 0.2) is 18.3 Å². The van der Waals surface area contributed by atoms with E-state index in [1.165, 1.54) is 16.9 Å². The minimum absolute atomic E-state index is 0.248. The Labute approximate surface area is 146 Å². The number of anilines is 1. The zero-order valence-corrected chi connectivity index (χ0v) is 14.8. The first-order valence-electron chi connectivity index (χ1n) is 6.85. The van der Waals surface area contributed by atoms with Crippen LogP contribution >= 0.6 is 27.3 Å². The second-order valence-corrected chi connectivity index (χ2v) is 6.87. The van der Waals surface area contributed by atoms with E-state index in [-0.39, 0.29) is 13.2 Å². The third kappa shape index (κ3) is 5.99. The molecule has 122 valence electrons. The van der Waals surface area contributed by atoms with Crippen LogP contribution in [-0.2, 0) is 20.7 Å². The van der Waals surface area contributed by atoms with Crippen LogP contribution in [0.5, 0.6) is 5.75 Å². The van der Waals surface area contributed by atoms with E-state index in [9.17, 15) is 9.59 Å². The number of carbonyl (C=O) groups excluding carboxylic acids is 2. The lowest BCUT2D eigenvalue weighted by Gasteiger charge is -2.07. The molecule has 0 radical (unpaired) electrons. The highest BCUT2D eigenvalue weighted by Crippen LogP contribution is 2.22. The number of carbonyl (C=O) groups is 2. The van der Waals surface area contributed by atoms with Gasteiger partial charge in [-0.3, -0.25) is 10.1 Å². The van der Waals surface area contributed by atoms with Crippen molar-refractivity contribution in [2.75, 3.05) is 18.5 Å². The molecule has 0 saturated heterocycles. The van der Waals surface area contributed by atoms with E-state index in [1.54, 1.807) is 18.3 Å². The van der Waals surface area contributed by atoms with Gasteiger partial charge in [-0.1, -0.05) is 30.4 Å². The minimum Gasteiger partial charge on any atom is -0.482 e. The maximum absolute atomic E-state index is 11.6. The highest BCUT2D eigenvalue weighted by Gasteiger charge is 2.10. The number of nitrogens with zero attached hydrogens (tertiary/aromatic N) is 1. The Bertz CT molecular complexity index is 672. The van der Waals surface area contributed by atoms with Crippen LogP contribution in [0.2, 0.25) is 0 Å². The molecule has 0 saturated carbocycles. The quantitative estimate of drug-likeness (QED) is 0.725. The van der Waals surface area contributed by atoms with E-state index in [4.69, 9.17) is 9.47 Å². The molecule has 0 aliphatic rings. The minimum atomic E-state index is -0.611. The van der Waals surface area contributed by atoms with Crippen LogP contribution in [0.3, 0.4) is 0 Å². The van der Waals surface area contributed by atoms with Gasteiger partial charge in [0.1, 0.15) is 5.75 Å². The summed E-state index contributed by atoms with van der Waals surface area (Å²) in [4.78, 5) is 27.1. The number of rotatable bonds is 7. The summed E-state index contributed by atoms with van der Waals surface area (Å²) in [5, 5.41) is 2.96. The summed E-state index contributed by atoms with van der Waals surface area (Å²) in [6.07, 6.45) is 2.51. The van der Waals surface area contributed by atoms with Crippen molar-refractivity contribution in [1.29, 1.82) is 0 Å². The number of benzene rings is 1. The summed E-state index contributed by atoms with van der Waals surface area (Å²) >= 11 is 4.51. The number of esters is 1. The molecule has 23 heavy (non-hydrogen) atoms. The average Bonchev–Trinajstić information content (AvgIpc) is 2.96. The molecule has 1 aromatic heterocycles. The van der Waals surface area contributed by atoms with Gasteiger partial charge in [0.25, 0.3) is 5.91 Å². The number of hydrogen-bond donors (Lipinski definition) is 1. The van der Waals surface area contributed by atoms with Crippen LogP contribution < -0.4 is 10.1 Å². The van der Waals surface area contributed by atoms with E-state index in [0.717, 1.165) is 10.2 Å². The number of amides is 1. The molecule has 6 nitrogen and oxygen atoms in total. The van der Waals surface area contributed by atoms with E-state index >= 15 is 0 Å². The molecule has 0 bridgehead atoms. The van der Waals surface area contributed by atoms with Crippen LogP contribution in [0.15, 0.2) is 34.2 Å². The van der Waals surface area contributed by atoms with Crippen molar-refractivity contribution in [3.05, 3.63) is 39.8 Å². The van der Waals surface area contributed by atoms with Crippen molar-refractivity contribution in [2.24, 2.45) is 0 Å². The Morgan fingerprint density at radius 1 is 1.26 bits per heavy atom. The normalized spacial score (nSPS) is 10.2. The zero-order valence-electron chi connectivity index (χ0n) is 12.4. The predicted octanol–water partition coefficient (Wildman–Crippen LogP) is 3.03. The van der Waals surface area contributed by atoms with Crippen molar-refractivity contribution < 1.29 is 19.1 Å². The molecule has 0 aliphatic heterocycles. The molecule has 0 aliphatic carbocycles. The maximum atomic E-state index is 11.6. The summed E-state index contributed by atoms with van der Waals surface area (Å²) in [7, 11) is 0. The maximum Gasteiger partial charge on any atom is 0.344 e. The monoisotopic (exact) mass is 398 g/mol. The number of aromatic nitrogens is 1. The molecule has 1 amide bonds. The van der Waals surface area contributed by atoms with E-state index in [1.807, 2.05) is 12.1 Å². The molecule has 2 aromatic rings. The molecule has 1 aromatic carbocycles. The van der Waals surface area contributed by atoms with Crippen molar-refractivity contribution in [2.45, 2.75) is 13.3 Å². The number of halogens is 1. The first kappa shape index (κ1) is 17.4. The lowest BCUT2D eigenvalue weighted by atomic mass is 10.2. The Hall–Kier alpha value is -1.93. The fraction of sp³-hybridized carbons (Fsp3) is 0.267. The molecule has 1 N–H and O–H groups in total. The van der Waals surface area contributed by atoms with E-state index < -0.39 is 11.9 Å². The number of nitrogens with one attached hydrogen (secondary N) is 1. The first-order chi connectivity index (χ1) is 11.1. The Kier molecular flexibility index (Phi) is 6.54. The van der Waals surface area contributed by atoms with E-state index in [0.29, 0.717) is 10.9 Å². The van der Waals surface area contributed by atoms with Crippen molar-refractivity contribution in [3.63, 3.8) is 0 Å². The van der Waals surface area contributed by atoms with Gasteiger partial charge in [-0.25, -0.2) is 9.78 Å². The largest absolute Gasteiger partial charge is 0.482 e. The van der Waals surface area contributed by atoms with Gasteiger partial charge in [-0.2, -0.15) is 0 Å². The van der Waals surface area contributed by atoms with Crippen LogP contribution in [0.1, 0.15) is 12.5 Å². The second-order valence-electron chi connectivity index (χ2n) is 4.46. The average molecular weight is 399 g/mol. The lowest BCUT2D eigenvalue weighted by molar-refractivity contribution is -0.149. The second kappa shape index (κ2) is 8.64. The smallest absolute Gasteiger partial charge is 0.344 e. The SMILES string of the molecule is CCc1ccc(OCC(=O)OCC(=O)Nc2ncc(Br)s2)cc1. The fourth-order valence-corrected chi connectivity index (χ4v) is 2.74. The van der Waals surface area contributed by atoms with Gasteiger partial charge in [-0.15, -0.1) is 0 Å². The highest BCUT2D eigenvalue weighted by molar-refractivity contribution is 9.11. The number of aryl methyl sites for hydroxylation is 1. The van der Waals surface area contributed by atoms with Gasteiger partial charge in [-0.05, 0) is 40.0 Å². The van der Waals surface area contributed by atoms with Crippen LogP contribution in [0.25, 0.3) is 0 Å². The molecular weight excluding hydrogens is 384 g/mol. The van der Waals surface area contributed by atoms with Crippen LogP contribution in [0.4, 0.5) is 5.13 Å². The predicted molar refractivity (Wildman–Crippen MR) is 90.7 cm³/mol. The lowest BCUT2D eigenvalue weighted by Crippen LogP contribution is -2.23. The first-order valence-corrected chi connectivity index (χ1v) is 8.46. The zero-order chi connectivity index (χ0) is 16.7. The van der Waals surface area contributed by atoms with Crippen molar-refractivity contribution >= 4 is 44.3 Å². The summed E-state index contributed by atoms with van der Waals surface area (Å²) in [5.74, 6) is -0.483. The summed E-state index contributed by atoms with van der Waals surface area (Å²) in [6.45, 7) is 1.43. The molecule has 0 unspecified atom stereocenters. The third-order valence-corrected chi connectivity index (χ3v) is 4.17. The number of hydrogen-bond acceptors (Lipinski definition) is 6. The van der Waals surface area contributed by atoms with Gasteiger partial charge in [0, 0.05) is 0 Å². The topological polar surface area (TPSA) is 77.5 Å². The molecule has 1 heterocycles. The van der Waals surface area contributed by atoms with E-state index in [2.05, 4.69) is 33.2 Å². The van der Waals surface area contributed by atoms with Gasteiger partial charge >= 0.3 is 5.97 Å². The van der Waals surface area contributed by atoms with Crippen molar-refractivity contribution in [1.82, 2.24) is 4.98 Å². The molecule has 0 atom stereocenters. The molecule has 0 spiro atoms. The highest BCUT2D eigenvalue weighted by atomic mass is 79.9. The van der Waals surface area contributed by atoms with Crippen molar-refractivity contribution in [3.8, 4) is 5.75 Å². The van der Waals surface area contributed by atoms with Gasteiger partial charge in [0.05, 0.1) is 9.98 Å². The standard InChI is InChI=1S/C15H15BrN2O4S/c1-2-10-3-5-11(6-4-10)21-9-14(20)22-8-13(19)18-15-17-7-12(16)23-15/h3-7H,2,8-9H2,1H3,(H,17,18,19). The van der Waals surface area contributed by atoms with Crippen LogP contribution in [-0.4, -0.2) is 30.1 Å². The fourth-order valence-electron chi connectivity index (χ4n) is 1.62. The molecule has 0 fully saturated rings. The third-order valence-electron chi connectivity index (χ3n) is 2.78. The molecule has 2 rings (SSSR count). The Balaban J connectivity index is 1.68. The molecule has 8 heteroatoms. The number of ether oxygens (including phenoxy) is 2.